The van der Waals surface area contributed by atoms with Crippen molar-refractivity contribution >= 4 is 35.9 Å². The van der Waals surface area contributed by atoms with Crippen molar-refractivity contribution < 1.29 is 28.6 Å². The topological polar surface area (TPSA) is 127 Å². The van der Waals surface area contributed by atoms with Gasteiger partial charge in [-0.1, -0.05) is 18.2 Å². The summed E-state index contributed by atoms with van der Waals surface area (Å²) in [5.74, 6) is -0.395. The van der Waals surface area contributed by atoms with Gasteiger partial charge < -0.3 is 24.8 Å². The number of hydrogen-bond donors (Lipinski definition) is 3. The Morgan fingerprint density at radius 2 is 1.89 bits per heavy atom. The molecular formula is C24H26N4O6S. The third-order valence-corrected chi connectivity index (χ3v) is 5.82. The molecule has 35 heavy (non-hydrogen) atoms. The van der Waals surface area contributed by atoms with E-state index in [0.717, 1.165) is 10.5 Å². The Labute approximate surface area is 207 Å². The zero-order valence-electron chi connectivity index (χ0n) is 19.7. The normalized spacial score (nSPS) is 15.3. The minimum absolute atomic E-state index is 0.267. The van der Waals surface area contributed by atoms with Crippen LogP contribution < -0.4 is 25.5 Å². The van der Waals surface area contributed by atoms with Crippen molar-refractivity contribution in [3.63, 3.8) is 0 Å². The van der Waals surface area contributed by atoms with Crippen molar-refractivity contribution in [2.24, 2.45) is 5.10 Å². The molecule has 184 valence electrons. The fraction of sp³-hybridized carbons (Fsp3) is 0.250. The summed E-state index contributed by atoms with van der Waals surface area (Å²) in [6.45, 7) is 1.32. The molecule has 3 N–H and O–H groups in total. The summed E-state index contributed by atoms with van der Waals surface area (Å²) in [6.07, 6.45) is 3.54. The molecule has 2 aromatic rings. The van der Waals surface area contributed by atoms with Crippen molar-refractivity contribution in [3.8, 4) is 11.5 Å². The molecular weight excluding hydrogens is 472 g/mol. The first-order valence-electron chi connectivity index (χ1n) is 10.5. The van der Waals surface area contributed by atoms with Crippen LogP contribution in [0.15, 0.2) is 63.7 Å². The van der Waals surface area contributed by atoms with Crippen molar-refractivity contribution in [2.45, 2.75) is 17.9 Å². The van der Waals surface area contributed by atoms with E-state index < -0.39 is 23.9 Å². The molecule has 3 rings (SSSR count). The number of esters is 1. The number of hydrogen-bond acceptors (Lipinski definition) is 8. The number of benzene rings is 2. The van der Waals surface area contributed by atoms with E-state index in [1.165, 1.54) is 14.2 Å². The third-order valence-electron chi connectivity index (χ3n) is 5.07. The fourth-order valence-electron chi connectivity index (χ4n) is 3.35. The highest BCUT2D eigenvalue weighted by Crippen LogP contribution is 2.34. The van der Waals surface area contributed by atoms with Gasteiger partial charge in [0.15, 0.2) is 18.1 Å². The summed E-state index contributed by atoms with van der Waals surface area (Å²) in [7, 11) is 2.71. The summed E-state index contributed by atoms with van der Waals surface area (Å²) in [6, 6.07) is 11.4. The number of carbonyl (C=O) groups is 3. The third kappa shape index (κ3) is 6.54. The summed E-state index contributed by atoms with van der Waals surface area (Å²) < 4.78 is 15.8. The number of nitrogens with one attached hydrogen (secondary N) is 3. The van der Waals surface area contributed by atoms with Gasteiger partial charge in [-0.25, -0.2) is 15.0 Å². The smallest absolute Gasteiger partial charge is 0.337 e. The number of thioether (sulfide) groups is 1. The van der Waals surface area contributed by atoms with E-state index in [2.05, 4.69) is 21.2 Å². The van der Waals surface area contributed by atoms with E-state index in [0.29, 0.717) is 22.8 Å². The second-order valence-corrected chi connectivity index (χ2v) is 8.21. The molecule has 0 aliphatic carbocycles. The zero-order chi connectivity index (χ0) is 25.4. The predicted molar refractivity (Wildman–Crippen MR) is 132 cm³/mol. The van der Waals surface area contributed by atoms with Crippen LogP contribution in [0.25, 0.3) is 0 Å². The summed E-state index contributed by atoms with van der Waals surface area (Å²) in [5.41, 5.74) is 4.49. The highest BCUT2D eigenvalue weighted by molar-refractivity contribution is 7.98. The number of urea groups is 1. The number of rotatable bonds is 9. The Kier molecular flexibility index (Phi) is 8.74. The summed E-state index contributed by atoms with van der Waals surface area (Å²) in [4.78, 5) is 37.6. The molecule has 2 aromatic carbocycles. The molecule has 0 spiro atoms. The SMILES string of the molecule is COC(=O)C1=C(C)NC(=O)NC1c1ccc(OCC(=O)NN=Cc2ccc(SC)cc2)c(OC)c1. The number of carbonyl (C=O) groups excluding carboxylic acids is 3. The zero-order valence-corrected chi connectivity index (χ0v) is 20.5. The highest BCUT2D eigenvalue weighted by atomic mass is 32.2. The quantitative estimate of drug-likeness (QED) is 0.210. The molecule has 1 heterocycles. The Balaban J connectivity index is 1.66. The van der Waals surface area contributed by atoms with Crippen LogP contribution in [-0.2, 0) is 14.3 Å². The molecule has 11 heteroatoms. The molecule has 1 atom stereocenters. The minimum Gasteiger partial charge on any atom is -0.493 e. The molecule has 0 aromatic heterocycles. The van der Waals surface area contributed by atoms with Gasteiger partial charge in [0.2, 0.25) is 0 Å². The average Bonchev–Trinajstić information content (AvgIpc) is 2.86. The van der Waals surface area contributed by atoms with E-state index in [9.17, 15) is 14.4 Å². The first-order chi connectivity index (χ1) is 16.9. The predicted octanol–water partition coefficient (Wildman–Crippen LogP) is 2.75. The minimum atomic E-state index is -0.748. The highest BCUT2D eigenvalue weighted by Gasteiger charge is 2.32. The molecule has 1 aliphatic rings. The Hall–Kier alpha value is -3.99. The monoisotopic (exact) mass is 498 g/mol. The van der Waals surface area contributed by atoms with E-state index in [-0.39, 0.29) is 12.2 Å². The largest absolute Gasteiger partial charge is 0.493 e. The van der Waals surface area contributed by atoms with Gasteiger partial charge in [0.1, 0.15) is 0 Å². The van der Waals surface area contributed by atoms with Gasteiger partial charge in [-0.3, -0.25) is 4.79 Å². The lowest BCUT2D eigenvalue weighted by atomic mass is 9.95. The van der Waals surface area contributed by atoms with Gasteiger partial charge in [0.05, 0.1) is 32.0 Å². The van der Waals surface area contributed by atoms with E-state index in [4.69, 9.17) is 14.2 Å². The number of hydrazone groups is 1. The molecule has 0 bridgehead atoms. The van der Waals surface area contributed by atoms with Gasteiger partial charge in [0, 0.05) is 10.6 Å². The molecule has 0 fully saturated rings. The van der Waals surface area contributed by atoms with Crippen molar-refractivity contribution in [1.29, 1.82) is 0 Å². The van der Waals surface area contributed by atoms with E-state index in [1.807, 2.05) is 30.5 Å². The molecule has 10 nitrogen and oxygen atoms in total. The molecule has 0 radical (unpaired) electrons. The van der Waals surface area contributed by atoms with Gasteiger partial charge >= 0.3 is 12.0 Å². The number of amides is 3. The van der Waals surface area contributed by atoms with Gasteiger partial charge in [-0.05, 0) is 48.6 Å². The standard InChI is InChI=1S/C24H26N4O6S/c1-14-21(23(30)33-3)22(27-24(31)26-14)16-7-10-18(19(11-16)32-2)34-13-20(29)28-25-12-15-5-8-17(35-4)9-6-15/h5-12,22H,13H2,1-4H3,(H,28,29)(H2,26,27,31). The molecule has 0 saturated heterocycles. The first-order valence-corrected chi connectivity index (χ1v) is 11.7. The Morgan fingerprint density at radius 3 is 2.54 bits per heavy atom. The van der Waals surface area contributed by atoms with Crippen molar-refractivity contribution in [3.05, 3.63) is 64.9 Å². The maximum Gasteiger partial charge on any atom is 0.337 e. The number of ether oxygens (including phenoxy) is 3. The second kappa shape index (κ2) is 11.9. The van der Waals surface area contributed by atoms with Crippen molar-refractivity contribution in [2.75, 3.05) is 27.1 Å². The van der Waals surface area contributed by atoms with Crippen LogP contribution in [0.5, 0.6) is 11.5 Å². The van der Waals surface area contributed by atoms with Crippen LogP contribution in [0, 0.1) is 0 Å². The molecule has 3 amide bonds. The number of methoxy groups -OCH3 is 2. The van der Waals surface area contributed by atoms with Gasteiger partial charge in [0.25, 0.3) is 5.91 Å². The fourth-order valence-corrected chi connectivity index (χ4v) is 3.76. The number of allylic oxidation sites excluding steroid dienone is 1. The van der Waals surface area contributed by atoms with Crippen LogP contribution in [0.3, 0.4) is 0 Å². The van der Waals surface area contributed by atoms with Gasteiger partial charge in [-0.2, -0.15) is 5.10 Å². The summed E-state index contributed by atoms with van der Waals surface area (Å²) in [5, 5.41) is 9.21. The lowest BCUT2D eigenvalue weighted by Crippen LogP contribution is -2.45. The molecule has 1 aliphatic heterocycles. The van der Waals surface area contributed by atoms with Crippen LogP contribution in [0.1, 0.15) is 24.1 Å². The first kappa shape index (κ1) is 25.6. The average molecular weight is 499 g/mol. The Bertz CT molecular complexity index is 1160. The van der Waals surface area contributed by atoms with Crippen LogP contribution >= 0.6 is 11.8 Å². The second-order valence-electron chi connectivity index (χ2n) is 7.33. The molecule has 0 saturated carbocycles. The van der Waals surface area contributed by atoms with Gasteiger partial charge in [-0.15, -0.1) is 11.8 Å². The lowest BCUT2D eigenvalue weighted by molar-refractivity contribution is -0.136. The van der Waals surface area contributed by atoms with E-state index in [1.54, 1.807) is 43.1 Å². The van der Waals surface area contributed by atoms with Crippen LogP contribution in [0.2, 0.25) is 0 Å². The maximum absolute atomic E-state index is 12.3. The lowest BCUT2D eigenvalue weighted by Gasteiger charge is -2.28. The maximum atomic E-state index is 12.3. The van der Waals surface area contributed by atoms with Crippen LogP contribution in [0.4, 0.5) is 4.79 Å². The summed E-state index contributed by atoms with van der Waals surface area (Å²) >= 11 is 1.64. The van der Waals surface area contributed by atoms with Crippen molar-refractivity contribution in [1.82, 2.24) is 16.1 Å². The number of nitrogens with zero attached hydrogens (tertiary/aromatic N) is 1. The Morgan fingerprint density at radius 1 is 1.14 bits per heavy atom. The van der Waals surface area contributed by atoms with E-state index >= 15 is 0 Å². The van der Waals surface area contributed by atoms with Crippen LogP contribution in [-0.4, -0.2) is 51.2 Å². The molecule has 1 unspecified atom stereocenters.